The minimum Gasteiger partial charge on any atom is -0.392 e. The van der Waals surface area contributed by atoms with Gasteiger partial charge in [-0.25, -0.2) is 0 Å². The highest BCUT2D eigenvalue weighted by molar-refractivity contribution is 5.94. The Hall–Kier alpha value is -5.02. The predicted octanol–water partition coefficient (Wildman–Crippen LogP) is 11.1. The predicted molar refractivity (Wildman–Crippen MR) is 202 cm³/mol. The van der Waals surface area contributed by atoms with Crippen LogP contribution in [0, 0.1) is 0 Å². The normalized spacial score (nSPS) is 18.6. The number of hydrogen-bond donors (Lipinski definition) is 2. The van der Waals surface area contributed by atoms with Gasteiger partial charge in [0.05, 0.1) is 17.1 Å². The molecular formula is C44H45N3. The average Bonchev–Trinajstić information content (AvgIpc) is 3.08. The topological polar surface area (TPSA) is 27.3 Å². The Kier molecular flexibility index (Phi) is 7.80. The Bertz CT molecular complexity index is 1980. The van der Waals surface area contributed by atoms with Gasteiger partial charge in [-0.1, -0.05) is 113 Å². The first-order valence-electron chi connectivity index (χ1n) is 16.8. The van der Waals surface area contributed by atoms with E-state index in [4.69, 9.17) is 0 Å². The summed E-state index contributed by atoms with van der Waals surface area (Å²) in [5.41, 5.74) is 14.9. The van der Waals surface area contributed by atoms with Crippen LogP contribution >= 0.6 is 0 Å². The average molecular weight is 616 g/mol. The molecule has 0 bridgehead atoms. The molecule has 0 aromatic heterocycles. The van der Waals surface area contributed by atoms with Crippen molar-refractivity contribution < 1.29 is 0 Å². The second-order valence-corrected chi connectivity index (χ2v) is 14.0. The molecule has 7 rings (SSSR count). The molecule has 2 heterocycles. The molecule has 0 spiro atoms. The standard InChI is InChI=1S/C44H45N3/c1-30(45-6)15-9-7-10-16-31-27-38-42-39(28-31)44(4,5)37-29-33(32-21-24-35(25-22-32)46-34-17-11-8-12-18-34)23-26-41(37)47(42)40-20-14-13-19-36(40)43(38,2)3/h7-17,19-29,34,45-46H,18H2,1-6H3/b9-7-,16-10-,30-15+. The molecule has 3 aliphatic rings. The van der Waals surface area contributed by atoms with Crippen LogP contribution in [0.1, 0.15) is 68.9 Å². The zero-order chi connectivity index (χ0) is 32.8. The lowest BCUT2D eigenvalue weighted by atomic mass is 9.65. The Morgan fingerprint density at radius 2 is 1.45 bits per heavy atom. The van der Waals surface area contributed by atoms with Crippen molar-refractivity contribution in [1.82, 2.24) is 5.32 Å². The monoisotopic (exact) mass is 615 g/mol. The fraction of sp³-hybridized carbons (Fsp3) is 0.227. The third-order valence-electron chi connectivity index (χ3n) is 10.2. The van der Waals surface area contributed by atoms with E-state index in [9.17, 15) is 0 Å². The molecule has 3 heteroatoms. The number of nitrogens with zero attached hydrogens (tertiary/aromatic N) is 1. The molecule has 2 aliphatic heterocycles. The van der Waals surface area contributed by atoms with Gasteiger partial charge in [0.2, 0.25) is 0 Å². The number of rotatable bonds is 7. The lowest BCUT2D eigenvalue weighted by molar-refractivity contribution is 0.597. The number of fused-ring (bicyclic) bond motifs is 4. The number of hydrogen-bond acceptors (Lipinski definition) is 3. The third kappa shape index (κ3) is 5.44. The van der Waals surface area contributed by atoms with E-state index < -0.39 is 0 Å². The first-order valence-corrected chi connectivity index (χ1v) is 16.8. The first-order chi connectivity index (χ1) is 22.7. The highest BCUT2D eigenvalue weighted by Crippen LogP contribution is 2.60. The van der Waals surface area contributed by atoms with Crippen molar-refractivity contribution in [3.8, 4) is 11.1 Å². The van der Waals surface area contributed by atoms with Gasteiger partial charge >= 0.3 is 0 Å². The first kappa shape index (κ1) is 30.6. The van der Waals surface area contributed by atoms with Gasteiger partial charge in [0.25, 0.3) is 0 Å². The molecule has 0 fully saturated rings. The highest BCUT2D eigenvalue weighted by Gasteiger charge is 2.45. The molecule has 0 amide bonds. The van der Waals surface area contributed by atoms with Crippen LogP contribution in [0.2, 0.25) is 0 Å². The van der Waals surface area contributed by atoms with Gasteiger partial charge in [-0.2, -0.15) is 0 Å². The lowest BCUT2D eigenvalue weighted by Crippen LogP contribution is -2.38. The van der Waals surface area contributed by atoms with Crippen LogP contribution in [0.25, 0.3) is 17.2 Å². The van der Waals surface area contributed by atoms with Crippen LogP contribution in [0.3, 0.4) is 0 Å². The number of para-hydroxylation sites is 1. The summed E-state index contributed by atoms with van der Waals surface area (Å²) in [7, 11) is 1.95. The second kappa shape index (κ2) is 12.0. The summed E-state index contributed by atoms with van der Waals surface area (Å²) in [5.74, 6) is 0. The van der Waals surface area contributed by atoms with E-state index in [0.717, 1.165) is 17.8 Å². The minimum atomic E-state index is -0.205. The molecule has 4 aromatic carbocycles. The zero-order valence-electron chi connectivity index (χ0n) is 28.4. The Morgan fingerprint density at radius 1 is 0.745 bits per heavy atom. The van der Waals surface area contributed by atoms with Crippen LogP contribution in [0.4, 0.5) is 22.7 Å². The summed E-state index contributed by atoms with van der Waals surface area (Å²) in [6.07, 6.45) is 20.4. The summed E-state index contributed by atoms with van der Waals surface area (Å²) in [6.45, 7) is 11.6. The van der Waals surface area contributed by atoms with Crippen molar-refractivity contribution in [3.63, 3.8) is 0 Å². The molecule has 3 nitrogen and oxygen atoms in total. The van der Waals surface area contributed by atoms with Crippen LogP contribution < -0.4 is 15.5 Å². The number of nitrogens with one attached hydrogen (secondary N) is 2. The summed E-state index contributed by atoms with van der Waals surface area (Å²) in [5, 5.41) is 6.82. The highest BCUT2D eigenvalue weighted by atomic mass is 15.2. The molecule has 47 heavy (non-hydrogen) atoms. The molecule has 236 valence electrons. The fourth-order valence-corrected chi connectivity index (χ4v) is 7.39. The van der Waals surface area contributed by atoms with Crippen molar-refractivity contribution in [3.05, 3.63) is 161 Å². The van der Waals surface area contributed by atoms with Crippen LogP contribution in [0.5, 0.6) is 0 Å². The van der Waals surface area contributed by atoms with E-state index in [2.05, 4.69) is 184 Å². The second-order valence-electron chi connectivity index (χ2n) is 14.0. The number of benzene rings is 4. The maximum Gasteiger partial charge on any atom is 0.0544 e. The lowest BCUT2D eigenvalue weighted by Gasteiger charge is -2.49. The molecule has 1 atom stereocenters. The maximum atomic E-state index is 3.65. The van der Waals surface area contributed by atoms with E-state index in [1.165, 1.54) is 56.0 Å². The van der Waals surface area contributed by atoms with Crippen LogP contribution in [0.15, 0.2) is 133 Å². The molecule has 0 radical (unpaired) electrons. The van der Waals surface area contributed by atoms with Gasteiger partial charge in [0, 0.05) is 35.3 Å². The summed E-state index contributed by atoms with van der Waals surface area (Å²) >= 11 is 0. The fourth-order valence-electron chi connectivity index (χ4n) is 7.39. The molecule has 1 aliphatic carbocycles. The van der Waals surface area contributed by atoms with Gasteiger partial charge in [-0.15, -0.1) is 0 Å². The Balaban J connectivity index is 1.32. The van der Waals surface area contributed by atoms with Crippen molar-refractivity contribution >= 4 is 28.8 Å². The molecule has 0 saturated heterocycles. The number of anilines is 4. The molecule has 1 unspecified atom stereocenters. The van der Waals surface area contributed by atoms with Gasteiger partial charge in [0.15, 0.2) is 0 Å². The van der Waals surface area contributed by atoms with Gasteiger partial charge in [-0.05, 0) is 101 Å². The van der Waals surface area contributed by atoms with Crippen LogP contribution in [-0.2, 0) is 10.8 Å². The summed E-state index contributed by atoms with van der Waals surface area (Å²) < 4.78 is 0. The van der Waals surface area contributed by atoms with E-state index in [-0.39, 0.29) is 10.8 Å². The number of allylic oxidation sites excluding steroid dienone is 7. The minimum absolute atomic E-state index is 0.142. The van der Waals surface area contributed by atoms with E-state index >= 15 is 0 Å². The summed E-state index contributed by atoms with van der Waals surface area (Å²) in [6, 6.07) is 30.1. The molecule has 0 saturated carbocycles. The van der Waals surface area contributed by atoms with Gasteiger partial charge in [0.1, 0.15) is 0 Å². The van der Waals surface area contributed by atoms with Crippen molar-refractivity contribution in [2.45, 2.75) is 57.9 Å². The smallest absolute Gasteiger partial charge is 0.0544 e. The van der Waals surface area contributed by atoms with Crippen molar-refractivity contribution in [2.24, 2.45) is 0 Å². The molecule has 2 N–H and O–H groups in total. The van der Waals surface area contributed by atoms with E-state index in [1.807, 2.05) is 7.05 Å². The van der Waals surface area contributed by atoms with Crippen molar-refractivity contribution in [2.75, 3.05) is 17.3 Å². The van der Waals surface area contributed by atoms with E-state index in [0.29, 0.717) is 6.04 Å². The van der Waals surface area contributed by atoms with Gasteiger partial charge < -0.3 is 15.5 Å². The zero-order valence-corrected chi connectivity index (χ0v) is 28.4. The van der Waals surface area contributed by atoms with Crippen molar-refractivity contribution in [1.29, 1.82) is 0 Å². The largest absolute Gasteiger partial charge is 0.392 e. The van der Waals surface area contributed by atoms with Gasteiger partial charge in [-0.3, -0.25) is 0 Å². The molecular weight excluding hydrogens is 571 g/mol. The van der Waals surface area contributed by atoms with Crippen LogP contribution in [-0.4, -0.2) is 13.1 Å². The SMILES string of the molecule is CN/C(C)=C/C=C\C=C/c1cc2c3c(c1)C(C)(C)c1cc(-c4ccc(NC5C=CC=CC5)cc4)ccc1N3c1ccccc1C2(C)C. The van der Waals surface area contributed by atoms with E-state index in [1.54, 1.807) is 0 Å². The quantitative estimate of drug-likeness (QED) is 0.203. The Morgan fingerprint density at radius 3 is 2.17 bits per heavy atom. The third-order valence-corrected chi connectivity index (χ3v) is 10.2. The molecule has 4 aromatic rings. The Labute approximate surface area is 280 Å². The summed E-state index contributed by atoms with van der Waals surface area (Å²) in [4.78, 5) is 2.54. The maximum absolute atomic E-state index is 3.65.